The lowest BCUT2D eigenvalue weighted by atomic mass is 9.93. The van der Waals surface area contributed by atoms with Crippen LogP contribution in [0.15, 0.2) is 24.3 Å². The molecule has 2 saturated heterocycles. The first kappa shape index (κ1) is 25.2. The van der Waals surface area contributed by atoms with Crippen LogP contribution >= 0.6 is 12.4 Å². The van der Waals surface area contributed by atoms with Crippen LogP contribution in [0.3, 0.4) is 0 Å². The Morgan fingerprint density at radius 2 is 1.81 bits per heavy atom. The third kappa shape index (κ3) is 4.31. The van der Waals surface area contributed by atoms with E-state index in [1.807, 2.05) is 38.1 Å². The normalized spacial score (nSPS) is 24.3. The van der Waals surface area contributed by atoms with E-state index < -0.39 is 6.10 Å². The maximum absolute atomic E-state index is 11.9. The smallest absolute Gasteiger partial charge is 0.338 e. The van der Waals surface area contributed by atoms with E-state index in [2.05, 4.69) is 9.80 Å². The summed E-state index contributed by atoms with van der Waals surface area (Å²) >= 11 is 0. The lowest BCUT2D eigenvalue weighted by molar-refractivity contribution is -0.0939. The maximum Gasteiger partial charge on any atom is 0.338 e. The van der Waals surface area contributed by atoms with Crippen molar-refractivity contribution in [1.29, 1.82) is 0 Å². The third-order valence-corrected chi connectivity index (χ3v) is 7.99. The fraction of sp³-hybridized carbons (Fsp3) is 0.481. The van der Waals surface area contributed by atoms with Gasteiger partial charge in [0.05, 0.1) is 29.9 Å². The zero-order valence-corrected chi connectivity index (χ0v) is 21.3. The van der Waals surface area contributed by atoms with Gasteiger partial charge in [0.1, 0.15) is 13.2 Å². The maximum atomic E-state index is 11.9. The molecule has 0 aliphatic carbocycles. The number of esters is 2. The highest BCUT2D eigenvalue weighted by atomic mass is 35.5. The van der Waals surface area contributed by atoms with Gasteiger partial charge in [-0.1, -0.05) is 6.07 Å². The number of hydrogen-bond donors (Lipinski definition) is 1. The molecule has 4 aliphatic rings. The molecule has 4 heterocycles. The molecule has 6 rings (SSSR count). The number of hydrogen-bond acceptors (Lipinski definition) is 8. The number of nitrogens with zero attached hydrogens (tertiary/aromatic N) is 2. The highest BCUT2D eigenvalue weighted by molar-refractivity contribution is 5.94. The van der Waals surface area contributed by atoms with Crippen molar-refractivity contribution in [3.63, 3.8) is 0 Å². The van der Waals surface area contributed by atoms with Crippen molar-refractivity contribution in [2.75, 3.05) is 39.3 Å². The Balaban J connectivity index is 0.00000267. The standard InChI is InChI=1S/C27H30N2O6.ClH/c1-15-7-22-17(12-34-27(22)32)8-21(15)24(30)10-28-5-6-29-11-25(33-13-18(29)9-28)19-3-4-20-23(16(19)2)14-35-26(20)31;/h3-4,7-8,18,24-25,30H,5-6,9-14H2,1-2H3;1H/t18-,24?,25-;/m0./s1. The van der Waals surface area contributed by atoms with Crippen LogP contribution in [0.5, 0.6) is 0 Å². The van der Waals surface area contributed by atoms with Crippen LogP contribution in [0.1, 0.15) is 66.3 Å². The molecule has 8 nitrogen and oxygen atoms in total. The molecule has 3 atom stereocenters. The van der Waals surface area contributed by atoms with Gasteiger partial charge in [-0.25, -0.2) is 9.59 Å². The summed E-state index contributed by atoms with van der Waals surface area (Å²) in [7, 11) is 0. The second kappa shape index (κ2) is 9.76. The fourth-order valence-electron chi connectivity index (χ4n) is 5.92. The number of rotatable bonds is 4. The number of piperazine rings is 1. The number of carbonyl (C=O) groups excluding carboxylic acids is 2. The molecule has 0 bridgehead atoms. The number of cyclic esters (lactones) is 2. The summed E-state index contributed by atoms with van der Waals surface area (Å²) in [5, 5.41) is 11.0. The summed E-state index contributed by atoms with van der Waals surface area (Å²) in [5.41, 5.74) is 7.11. The second-order valence-corrected chi connectivity index (χ2v) is 10.1. The quantitative estimate of drug-likeness (QED) is 0.623. The number of aliphatic hydroxyl groups excluding tert-OH is 1. The molecule has 0 radical (unpaired) electrons. The molecule has 0 saturated carbocycles. The van der Waals surface area contributed by atoms with Crippen molar-refractivity contribution in [2.45, 2.75) is 45.3 Å². The molecule has 0 aromatic heterocycles. The molecule has 36 heavy (non-hydrogen) atoms. The monoisotopic (exact) mass is 514 g/mol. The molecule has 1 unspecified atom stereocenters. The van der Waals surface area contributed by atoms with Crippen molar-refractivity contribution in [1.82, 2.24) is 9.80 Å². The minimum absolute atomic E-state index is 0. The predicted molar refractivity (Wildman–Crippen MR) is 133 cm³/mol. The average Bonchev–Trinajstić information content (AvgIpc) is 3.41. The van der Waals surface area contributed by atoms with E-state index in [9.17, 15) is 14.7 Å². The summed E-state index contributed by atoms with van der Waals surface area (Å²) in [6.07, 6.45) is -0.651. The molecule has 9 heteroatoms. The fourth-order valence-corrected chi connectivity index (χ4v) is 5.92. The zero-order valence-electron chi connectivity index (χ0n) is 20.5. The second-order valence-electron chi connectivity index (χ2n) is 10.1. The molecule has 2 aromatic rings. The number of aliphatic hydroxyl groups is 1. The number of carbonyl (C=O) groups is 2. The van der Waals surface area contributed by atoms with E-state index >= 15 is 0 Å². The Labute approximate surface area is 216 Å². The van der Waals surface area contributed by atoms with Gasteiger partial charge in [0.2, 0.25) is 0 Å². The number of aryl methyl sites for hydroxylation is 1. The van der Waals surface area contributed by atoms with Gasteiger partial charge in [0.15, 0.2) is 0 Å². The van der Waals surface area contributed by atoms with Gasteiger partial charge in [-0.2, -0.15) is 0 Å². The van der Waals surface area contributed by atoms with E-state index in [1.54, 1.807) is 0 Å². The molecule has 192 valence electrons. The van der Waals surface area contributed by atoms with E-state index in [0.717, 1.165) is 59.6 Å². The van der Waals surface area contributed by atoms with E-state index in [1.165, 1.54) is 0 Å². The first-order chi connectivity index (χ1) is 16.9. The van der Waals surface area contributed by atoms with E-state index in [4.69, 9.17) is 14.2 Å². The van der Waals surface area contributed by atoms with Crippen LogP contribution in [0.4, 0.5) is 0 Å². The highest BCUT2D eigenvalue weighted by Crippen LogP contribution is 2.34. The van der Waals surface area contributed by atoms with Crippen LogP contribution < -0.4 is 0 Å². The number of morpholine rings is 1. The van der Waals surface area contributed by atoms with Crippen molar-refractivity contribution in [3.8, 4) is 0 Å². The van der Waals surface area contributed by atoms with Gasteiger partial charge in [0.25, 0.3) is 0 Å². The van der Waals surface area contributed by atoms with Gasteiger partial charge in [-0.15, -0.1) is 12.4 Å². The molecule has 0 spiro atoms. The average molecular weight is 515 g/mol. The number of β-amino-alcohol motifs (C(OH)–C–C–N with tert-alkyl or cyclic N) is 1. The van der Waals surface area contributed by atoms with Crippen LogP contribution in [-0.2, 0) is 27.4 Å². The van der Waals surface area contributed by atoms with Gasteiger partial charge < -0.3 is 19.3 Å². The van der Waals surface area contributed by atoms with Crippen molar-refractivity contribution >= 4 is 24.3 Å². The van der Waals surface area contributed by atoms with E-state index in [0.29, 0.717) is 30.9 Å². The minimum atomic E-state index is -0.626. The summed E-state index contributed by atoms with van der Waals surface area (Å²) in [5.74, 6) is -0.526. The number of halogens is 1. The molecule has 2 aromatic carbocycles. The lowest BCUT2D eigenvalue weighted by Gasteiger charge is -2.46. The Hall–Kier alpha value is -2.49. The summed E-state index contributed by atoms with van der Waals surface area (Å²) in [4.78, 5) is 28.5. The van der Waals surface area contributed by atoms with Crippen LogP contribution in [0.2, 0.25) is 0 Å². The summed E-state index contributed by atoms with van der Waals surface area (Å²) in [6.45, 7) is 9.20. The van der Waals surface area contributed by atoms with Gasteiger partial charge >= 0.3 is 11.9 Å². The first-order valence-corrected chi connectivity index (χ1v) is 12.2. The molecular formula is C27H31ClN2O6. The number of fused-ring (bicyclic) bond motifs is 3. The predicted octanol–water partition coefficient (Wildman–Crippen LogP) is 2.86. The van der Waals surface area contributed by atoms with Gasteiger partial charge in [-0.05, 0) is 54.3 Å². The van der Waals surface area contributed by atoms with E-state index in [-0.39, 0.29) is 43.1 Å². The van der Waals surface area contributed by atoms with Gasteiger partial charge in [0, 0.05) is 49.9 Å². The molecule has 0 amide bonds. The zero-order chi connectivity index (χ0) is 24.3. The Bertz CT molecular complexity index is 1220. The minimum Gasteiger partial charge on any atom is -0.457 e. The van der Waals surface area contributed by atoms with Gasteiger partial charge in [-0.3, -0.25) is 9.80 Å². The Morgan fingerprint density at radius 1 is 1.03 bits per heavy atom. The topological polar surface area (TPSA) is 88.5 Å². The van der Waals surface area contributed by atoms with Crippen LogP contribution in [0, 0.1) is 13.8 Å². The molecule has 2 fully saturated rings. The first-order valence-electron chi connectivity index (χ1n) is 12.2. The summed E-state index contributed by atoms with van der Waals surface area (Å²) in [6, 6.07) is 7.90. The highest BCUT2D eigenvalue weighted by Gasteiger charge is 2.36. The Morgan fingerprint density at radius 3 is 2.64 bits per heavy atom. The van der Waals surface area contributed by atoms with Crippen LogP contribution in [-0.4, -0.2) is 72.2 Å². The number of ether oxygens (including phenoxy) is 3. The van der Waals surface area contributed by atoms with Crippen LogP contribution in [0.25, 0.3) is 0 Å². The van der Waals surface area contributed by atoms with Crippen molar-refractivity contribution in [2.24, 2.45) is 0 Å². The number of benzene rings is 2. The Kier molecular flexibility index (Phi) is 6.82. The molecule has 4 aliphatic heterocycles. The SMILES string of the molecule is Cc1cc2c(cc1C(O)CN1CCN3C[C@@H](c4ccc5c(c4C)COC5=O)OC[C@@H]3C1)COC2=O.Cl. The molecule has 1 N–H and O–H groups in total. The summed E-state index contributed by atoms with van der Waals surface area (Å²) < 4.78 is 16.6. The van der Waals surface area contributed by atoms with Crippen molar-refractivity contribution in [3.05, 3.63) is 68.8 Å². The lowest BCUT2D eigenvalue weighted by Crippen LogP contribution is -2.58. The largest absolute Gasteiger partial charge is 0.457 e. The molecular weight excluding hydrogens is 484 g/mol. The van der Waals surface area contributed by atoms with Crippen molar-refractivity contribution < 1.29 is 28.9 Å². The third-order valence-electron chi connectivity index (χ3n) is 7.99.